The molecule has 96 valence electrons. The number of H-pyrrole nitrogens is 1. The number of nitrogens with one attached hydrogen (secondary N) is 1. The number of halogens is 1. The number of fused-ring (bicyclic) bond motifs is 1. The number of aromatic nitrogens is 5. The van der Waals surface area contributed by atoms with Crippen LogP contribution in [0.2, 0.25) is 0 Å². The highest BCUT2D eigenvalue weighted by Gasteiger charge is 2.15. The summed E-state index contributed by atoms with van der Waals surface area (Å²) < 4.78 is 2.80. The maximum atomic E-state index is 11.8. The van der Waals surface area contributed by atoms with Crippen LogP contribution < -0.4 is 5.56 Å². The summed E-state index contributed by atoms with van der Waals surface area (Å²) in [6.45, 7) is 1.67. The molecule has 1 N–H and O–H groups in total. The van der Waals surface area contributed by atoms with Crippen LogP contribution >= 0.6 is 11.6 Å². The van der Waals surface area contributed by atoms with E-state index in [1.165, 1.54) is 15.4 Å². The number of nitrogens with zero attached hydrogens (tertiary/aromatic N) is 4. The lowest BCUT2D eigenvalue weighted by molar-refractivity contribution is 0.108. The first-order chi connectivity index (χ1) is 9.08. The number of carbonyl (C=O) groups is 1. The van der Waals surface area contributed by atoms with Gasteiger partial charge < -0.3 is 0 Å². The first-order valence-corrected chi connectivity index (χ1v) is 5.78. The van der Waals surface area contributed by atoms with Crippen molar-refractivity contribution in [1.29, 1.82) is 0 Å². The lowest BCUT2D eigenvalue weighted by atomic mass is 10.3. The molecule has 0 spiro atoms. The molecule has 0 fully saturated rings. The largest absolute Gasteiger partial charge is 0.288 e. The summed E-state index contributed by atoms with van der Waals surface area (Å²) in [6, 6.07) is 3.37. The molecular formula is C11H8ClN5O2. The Balaban J connectivity index is 2.24. The number of carbonyl (C=O) groups excluding carboxylic acids is 1. The van der Waals surface area contributed by atoms with Crippen LogP contribution in [0.15, 0.2) is 29.3 Å². The summed E-state index contributed by atoms with van der Waals surface area (Å²) in [4.78, 5) is 25.6. The van der Waals surface area contributed by atoms with Gasteiger partial charge in [0.2, 0.25) is 5.95 Å². The molecule has 0 saturated carbocycles. The lowest BCUT2D eigenvalue weighted by Crippen LogP contribution is -2.18. The van der Waals surface area contributed by atoms with Gasteiger partial charge in [0.15, 0.2) is 0 Å². The number of rotatable bonds is 2. The van der Waals surface area contributed by atoms with Gasteiger partial charge in [-0.1, -0.05) is 0 Å². The Morgan fingerprint density at radius 1 is 1.47 bits per heavy atom. The predicted molar refractivity (Wildman–Crippen MR) is 67.9 cm³/mol. The minimum atomic E-state index is -0.604. The molecule has 0 atom stereocenters. The third-order valence-corrected chi connectivity index (χ3v) is 3.01. The fourth-order valence-electron chi connectivity index (χ4n) is 1.84. The highest BCUT2D eigenvalue weighted by molar-refractivity contribution is 6.67. The Morgan fingerprint density at radius 3 is 2.95 bits per heavy atom. The van der Waals surface area contributed by atoms with Crippen LogP contribution in [0, 0.1) is 6.92 Å². The van der Waals surface area contributed by atoms with Crippen molar-refractivity contribution < 1.29 is 4.79 Å². The van der Waals surface area contributed by atoms with Crippen LogP contribution in [0.25, 0.3) is 11.5 Å². The van der Waals surface area contributed by atoms with E-state index in [0.29, 0.717) is 11.2 Å². The van der Waals surface area contributed by atoms with Gasteiger partial charge in [0.25, 0.3) is 10.8 Å². The van der Waals surface area contributed by atoms with Gasteiger partial charge in [0.1, 0.15) is 5.52 Å². The average molecular weight is 278 g/mol. The van der Waals surface area contributed by atoms with E-state index >= 15 is 0 Å². The monoisotopic (exact) mass is 277 g/mol. The van der Waals surface area contributed by atoms with E-state index < -0.39 is 5.24 Å². The van der Waals surface area contributed by atoms with Crippen LogP contribution in [0.4, 0.5) is 0 Å². The van der Waals surface area contributed by atoms with E-state index in [1.807, 2.05) is 0 Å². The molecule has 0 radical (unpaired) electrons. The summed E-state index contributed by atoms with van der Waals surface area (Å²) in [5, 5.41) is 7.61. The minimum Gasteiger partial charge on any atom is -0.288 e. The van der Waals surface area contributed by atoms with Gasteiger partial charge in [-0.3, -0.25) is 14.6 Å². The first kappa shape index (κ1) is 11.7. The van der Waals surface area contributed by atoms with Gasteiger partial charge in [-0.2, -0.15) is 5.10 Å². The summed E-state index contributed by atoms with van der Waals surface area (Å²) in [6.07, 6.45) is 2.99. The number of aromatic amines is 1. The van der Waals surface area contributed by atoms with Crippen LogP contribution in [0.1, 0.15) is 16.1 Å². The summed E-state index contributed by atoms with van der Waals surface area (Å²) >= 11 is 5.43. The van der Waals surface area contributed by atoms with E-state index in [2.05, 4.69) is 15.2 Å². The van der Waals surface area contributed by atoms with Gasteiger partial charge in [-0.05, 0) is 30.7 Å². The standard InChI is InChI=1S/C11H8ClN5O2/c1-6-7(9(12)18)5-13-17(6)11-14-10(19)8-3-2-4-16(8)15-11/h2-5H,1H3,(H,14,15,19). The molecule has 0 saturated heterocycles. The van der Waals surface area contributed by atoms with Crippen molar-refractivity contribution in [3.8, 4) is 5.95 Å². The van der Waals surface area contributed by atoms with Crippen molar-refractivity contribution in [1.82, 2.24) is 24.4 Å². The molecular weight excluding hydrogens is 270 g/mol. The molecule has 0 aromatic carbocycles. The van der Waals surface area contributed by atoms with Gasteiger partial charge in [-0.15, -0.1) is 5.10 Å². The third kappa shape index (κ3) is 1.75. The second-order valence-corrected chi connectivity index (χ2v) is 4.29. The maximum Gasteiger partial charge on any atom is 0.276 e. The van der Waals surface area contributed by atoms with Crippen molar-refractivity contribution in [2.45, 2.75) is 6.92 Å². The summed E-state index contributed by atoms with van der Waals surface area (Å²) in [7, 11) is 0. The Labute approximate surface area is 111 Å². The molecule has 3 heterocycles. The van der Waals surface area contributed by atoms with Gasteiger partial charge in [0, 0.05) is 6.20 Å². The van der Waals surface area contributed by atoms with E-state index in [-0.39, 0.29) is 17.1 Å². The maximum absolute atomic E-state index is 11.8. The second-order valence-electron chi connectivity index (χ2n) is 3.94. The fraction of sp³-hybridized carbons (Fsp3) is 0.0909. The normalized spacial score (nSPS) is 11.1. The van der Waals surface area contributed by atoms with Crippen molar-refractivity contribution in [3.05, 3.63) is 46.1 Å². The molecule has 19 heavy (non-hydrogen) atoms. The molecule has 3 aromatic heterocycles. The van der Waals surface area contributed by atoms with Crippen molar-refractivity contribution in [2.75, 3.05) is 0 Å². The Hall–Kier alpha value is -2.41. The Morgan fingerprint density at radius 2 is 2.26 bits per heavy atom. The van der Waals surface area contributed by atoms with E-state index in [0.717, 1.165) is 0 Å². The SMILES string of the molecule is Cc1c(C(=O)Cl)cnn1-c1nn2cccc2c(=O)[nH]1. The molecule has 0 aliphatic rings. The van der Waals surface area contributed by atoms with E-state index in [4.69, 9.17) is 11.6 Å². The van der Waals surface area contributed by atoms with Crippen LogP contribution in [0.3, 0.4) is 0 Å². The molecule has 0 aliphatic carbocycles. The number of hydrogen-bond donors (Lipinski definition) is 1. The Kier molecular flexibility index (Phi) is 2.49. The molecule has 0 aliphatic heterocycles. The lowest BCUT2D eigenvalue weighted by Gasteiger charge is -2.03. The second kappa shape index (κ2) is 4.06. The van der Waals surface area contributed by atoms with Crippen LogP contribution in [-0.2, 0) is 0 Å². The van der Waals surface area contributed by atoms with Crippen LogP contribution in [-0.4, -0.2) is 29.6 Å². The van der Waals surface area contributed by atoms with E-state index in [1.54, 1.807) is 25.3 Å². The molecule has 0 bridgehead atoms. The fourth-order valence-corrected chi connectivity index (χ4v) is 2.03. The average Bonchev–Trinajstić information content (AvgIpc) is 2.94. The minimum absolute atomic E-state index is 0.218. The van der Waals surface area contributed by atoms with Crippen LogP contribution in [0.5, 0.6) is 0 Å². The molecule has 8 heteroatoms. The molecule has 0 unspecified atom stereocenters. The highest BCUT2D eigenvalue weighted by Crippen LogP contribution is 2.12. The molecule has 7 nitrogen and oxygen atoms in total. The van der Waals surface area contributed by atoms with Gasteiger partial charge in [-0.25, -0.2) is 9.20 Å². The smallest absolute Gasteiger partial charge is 0.276 e. The zero-order valence-electron chi connectivity index (χ0n) is 9.79. The van der Waals surface area contributed by atoms with Crippen molar-refractivity contribution in [2.24, 2.45) is 0 Å². The van der Waals surface area contributed by atoms with Gasteiger partial charge >= 0.3 is 0 Å². The highest BCUT2D eigenvalue weighted by atomic mass is 35.5. The predicted octanol–water partition coefficient (Wildman–Crippen LogP) is 0.896. The summed E-state index contributed by atoms with van der Waals surface area (Å²) in [5.41, 5.74) is 0.928. The third-order valence-electron chi connectivity index (χ3n) is 2.81. The zero-order valence-corrected chi connectivity index (χ0v) is 10.5. The zero-order chi connectivity index (χ0) is 13.6. The topological polar surface area (TPSA) is 85.0 Å². The van der Waals surface area contributed by atoms with Crippen molar-refractivity contribution in [3.63, 3.8) is 0 Å². The quantitative estimate of drug-likeness (QED) is 0.705. The summed E-state index contributed by atoms with van der Waals surface area (Å²) in [5.74, 6) is 0.218. The van der Waals surface area contributed by atoms with Gasteiger partial charge in [0.05, 0.1) is 17.5 Å². The van der Waals surface area contributed by atoms with Crippen molar-refractivity contribution >= 4 is 22.4 Å². The number of hydrogen-bond acceptors (Lipinski definition) is 4. The molecule has 3 aromatic rings. The molecule has 3 rings (SSSR count). The Bertz CT molecular complexity index is 844. The first-order valence-electron chi connectivity index (χ1n) is 5.40. The van der Waals surface area contributed by atoms with E-state index in [9.17, 15) is 9.59 Å². The molecule has 0 amide bonds.